The zero-order chi connectivity index (χ0) is 15.3. The summed E-state index contributed by atoms with van der Waals surface area (Å²) in [4.78, 5) is 3.92. The fourth-order valence-electron chi connectivity index (χ4n) is 3.27. The van der Waals surface area contributed by atoms with Crippen LogP contribution in [-0.2, 0) is 6.18 Å². The zero-order valence-corrected chi connectivity index (χ0v) is 12.4. The molecule has 1 atom stereocenters. The van der Waals surface area contributed by atoms with Gasteiger partial charge in [0.15, 0.2) is 0 Å². The maximum Gasteiger partial charge on any atom is 0.416 e. The number of pyridine rings is 1. The van der Waals surface area contributed by atoms with Crippen LogP contribution in [0.3, 0.4) is 0 Å². The van der Waals surface area contributed by atoms with E-state index in [9.17, 15) is 13.2 Å². The van der Waals surface area contributed by atoms with E-state index in [1.54, 1.807) is 0 Å². The number of nitrogens with one attached hydrogen (secondary N) is 1. The van der Waals surface area contributed by atoms with Crippen molar-refractivity contribution in [2.45, 2.75) is 57.7 Å². The fourth-order valence-corrected chi connectivity index (χ4v) is 3.27. The number of rotatable bonds is 5. The van der Waals surface area contributed by atoms with Crippen molar-refractivity contribution in [1.82, 2.24) is 10.3 Å². The first-order valence-electron chi connectivity index (χ1n) is 7.77. The molecule has 0 aliphatic heterocycles. The summed E-state index contributed by atoms with van der Waals surface area (Å²) in [5, 5.41) is 3.22. The van der Waals surface area contributed by atoms with Crippen LogP contribution in [0.15, 0.2) is 18.5 Å². The molecule has 0 amide bonds. The van der Waals surface area contributed by atoms with Gasteiger partial charge in [0.2, 0.25) is 0 Å². The van der Waals surface area contributed by atoms with Crippen molar-refractivity contribution in [2.24, 2.45) is 5.92 Å². The molecule has 0 spiro atoms. The molecule has 1 saturated carbocycles. The standard InChI is InChI=1S/C16H23F3N2/c1-2-21-15(10-12-6-4-3-5-7-12)13-11-20-9-8-14(13)16(17,18)19/h8-9,11-12,15,21H,2-7,10H2,1H3. The van der Waals surface area contributed by atoms with Gasteiger partial charge in [0.1, 0.15) is 0 Å². The maximum atomic E-state index is 13.2. The minimum Gasteiger partial charge on any atom is -0.310 e. The third kappa shape index (κ3) is 4.43. The minimum atomic E-state index is -4.32. The number of hydrogen-bond donors (Lipinski definition) is 1. The summed E-state index contributed by atoms with van der Waals surface area (Å²) in [6.07, 6.45) is 4.94. The van der Waals surface area contributed by atoms with Gasteiger partial charge in [-0.2, -0.15) is 13.2 Å². The SMILES string of the molecule is CCNC(CC1CCCCC1)c1cnccc1C(F)(F)F. The van der Waals surface area contributed by atoms with E-state index in [4.69, 9.17) is 0 Å². The van der Waals surface area contributed by atoms with E-state index in [-0.39, 0.29) is 11.6 Å². The van der Waals surface area contributed by atoms with Crippen LogP contribution in [0, 0.1) is 5.92 Å². The highest BCUT2D eigenvalue weighted by Gasteiger charge is 2.35. The van der Waals surface area contributed by atoms with Crippen LogP contribution in [0.2, 0.25) is 0 Å². The molecular formula is C16H23F3N2. The van der Waals surface area contributed by atoms with Crippen molar-refractivity contribution < 1.29 is 13.2 Å². The second-order valence-electron chi connectivity index (χ2n) is 5.81. The Morgan fingerprint density at radius 1 is 1.29 bits per heavy atom. The van der Waals surface area contributed by atoms with Crippen LogP contribution in [0.5, 0.6) is 0 Å². The number of halogens is 3. The Hall–Kier alpha value is -1.10. The normalized spacial score (nSPS) is 18.7. The molecular weight excluding hydrogens is 277 g/mol. The molecule has 1 aliphatic rings. The van der Waals surface area contributed by atoms with Gasteiger partial charge >= 0.3 is 6.18 Å². The molecule has 0 radical (unpaired) electrons. The molecule has 5 heteroatoms. The lowest BCUT2D eigenvalue weighted by atomic mass is 9.83. The molecule has 0 bridgehead atoms. The van der Waals surface area contributed by atoms with Crippen LogP contribution in [0.4, 0.5) is 13.2 Å². The molecule has 118 valence electrons. The molecule has 1 aromatic heterocycles. The van der Waals surface area contributed by atoms with Crippen LogP contribution in [0.25, 0.3) is 0 Å². The first-order valence-corrected chi connectivity index (χ1v) is 7.77. The van der Waals surface area contributed by atoms with Crippen molar-refractivity contribution in [3.05, 3.63) is 29.6 Å². The summed E-state index contributed by atoms with van der Waals surface area (Å²) >= 11 is 0. The van der Waals surface area contributed by atoms with Gasteiger partial charge in [-0.3, -0.25) is 4.98 Å². The van der Waals surface area contributed by atoms with Crippen molar-refractivity contribution in [3.63, 3.8) is 0 Å². The van der Waals surface area contributed by atoms with Gasteiger partial charge in [0.05, 0.1) is 5.56 Å². The van der Waals surface area contributed by atoms with E-state index < -0.39 is 11.7 Å². The van der Waals surface area contributed by atoms with Crippen molar-refractivity contribution in [2.75, 3.05) is 6.54 Å². The smallest absolute Gasteiger partial charge is 0.310 e. The third-order valence-electron chi connectivity index (χ3n) is 4.28. The Balaban J connectivity index is 2.21. The minimum absolute atomic E-state index is 0.261. The zero-order valence-electron chi connectivity index (χ0n) is 12.4. The lowest BCUT2D eigenvalue weighted by molar-refractivity contribution is -0.138. The molecule has 0 saturated heterocycles. The van der Waals surface area contributed by atoms with Crippen LogP contribution in [0.1, 0.15) is 62.6 Å². The molecule has 2 rings (SSSR count). The van der Waals surface area contributed by atoms with E-state index in [0.29, 0.717) is 12.5 Å². The van der Waals surface area contributed by atoms with Crippen molar-refractivity contribution in [1.29, 1.82) is 0 Å². The summed E-state index contributed by atoms with van der Waals surface area (Å²) in [6, 6.07) is 0.823. The van der Waals surface area contributed by atoms with Gasteiger partial charge in [-0.15, -0.1) is 0 Å². The molecule has 0 aromatic carbocycles. The Morgan fingerprint density at radius 3 is 2.62 bits per heavy atom. The summed E-state index contributed by atoms with van der Waals surface area (Å²) in [6.45, 7) is 2.58. The highest BCUT2D eigenvalue weighted by molar-refractivity contribution is 5.29. The van der Waals surface area contributed by atoms with Crippen molar-refractivity contribution in [3.8, 4) is 0 Å². The monoisotopic (exact) mass is 300 g/mol. The lowest BCUT2D eigenvalue weighted by Gasteiger charge is -2.28. The molecule has 21 heavy (non-hydrogen) atoms. The summed E-state index contributed by atoms with van der Waals surface area (Å²) in [5.41, 5.74) is -0.267. The summed E-state index contributed by atoms with van der Waals surface area (Å²) in [5.74, 6) is 0.518. The Labute approximate surface area is 124 Å². The van der Waals surface area contributed by atoms with E-state index in [2.05, 4.69) is 10.3 Å². The average Bonchev–Trinajstić information content (AvgIpc) is 2.47. The van der Waals surface area contributed by atoms with E-state index in [1.165, 1.54) is 31.7 Å². The molecule has 1 N–H and O–H groups in total. The second-order valence-corrected chi connectivity index (χ2v) is 5.81. The van der Waals surface area contributed by atoms with Crippen molar-refractivity contribution >= 4 is 0 Å². The molecule has 1 heterocycles. The predicted molar refractivity (Wildman–Crippen MR) is 76.8 cm³/mol. The van der Waals surface area contributed by atoms with Gasteiger partial charge < -0.3 is 5.32 Å². The number of nitrogens with zero attached hydrogens (tertiary/aromatic N) is 1. The number of aromatic nitrogens is 1. The molecule has 1 aromatic rings. The number of hydrogen-bond acceptors (Lipinski definition) is 2. The maximum absolute atomic E-state index is 13.2. The van der Waals surface area contributed by atoms with Gasteiger partial charge in [-0.25, -0.2) is 0 Å². The topological polar surface area (TPSA) is 24.9 Å². The van der Waals surface area contributed by atoms with E-state index in [0.717, 1.165) is 25.3 Å². The molecule has 2 nitrogen and oxygen atoms in total. The largest absolute Gasteiger partial charge is 0.416 e. The van der Waals surface area contributed by atoms with E-state index in [1.807, 2.05) is 6.92 Å². The summed E-state index contributed by atoms with van der Waals surface area (Å²) in [7, 11) is 0. The Kier molecular flexibility index (Phi) is 5.62. The van der Waals surface area contributed by atoms with Crippen LogP contribution >= 0.6 is 0 Å². The highest BCUT2D eigenvalue weighted by Crippen LogP contribution is 2.37. The molecule has 1 fully saturated rings. The third-order valence-corrected chi connectivity index (χ3v) is 4.28. The molecule has 1 aliphatic carbocycles. The van der Waals surface area contributed by atoms with Gasteiger partial charge in [-0.1, -0.05) is 39.0 Å². The Morgan fingerprint density at radius 2 is 2.00 bits per heavy atom. The average molecular weight is 300 g/mol. The summed E-state index contributed by atoms with van der Waals surface area (Å²) < 4.78 is 39.5. The lowest BCUT2D eigenvalue weighted by Crippen LogP contribution is -2.27. The predicted octanol–water partition coefficient (Wildman–Crippen LogP) is 4.72. The fraction of sp³-hybridized carbons (Fsp3) is 0.688. The van der Waals surface area contributed by atoms with Gasteiger partial charge in [0.25, 0.3) is 0 Å². The first-order chi connectivity index (χ1) is 10.0. The first kappa shape index (κ1) is 16.3. The second kappa shape index (κ2) is 7.25. The highest BCUT2D eigenvalue weighted by atomic mass is 19.4. The van der Waals surface area contributed by atoms with E-state index >= 15 is 0 Å². The number of alkyl halides is 3. The molecule has 1 unspecified atom stereocenters. The van der Waals surface area contributed by atoms with Gasteiger partial charge in [0, 0.05) is 18.4 Å². The Bertz CT molecular complexity index is 439. The van der Waals surface area contributed by atoms with Gasteiger partial charge in [-0.05, 0) is 30.5 Å². The van der Waals surface area contributed by atoms with Crippen LogP contribution < -0.4 is 5.32 Å². The van der Waals surface area contributed by atoms with Crippen LogP contribution in [-0.4, -0.2) is 11.5 Å². The quantitative estimate of drug-likeness (QED) is 0.851.